The molecule has 1 atom stereocenters. The molecule has 1 fully saturated rings. The zero-order valence-corrected chi connectivity index (χ0v) is 17.8. The Morgan fingerprint density at radius 2 is 1.68 bits per heavy atom. The molecule has 2 aromatic carbocycles. The quantitative estimate of drug-likeness (QED) is 0.730. The lowest BCUT2D eigenvalue weighted by Gasteiger charge is -2.33. The topological polar surface area (TPSA) is 66.5 Å². The first kappa shape index (κ1) is 20.9. The summed E-state index contributed by atoms with van der Waals surface area (Å²) in [5.74, 6) is 0.106. The van der Waals surface area contributed by atoms with Gasteiger partial charge in [0.25, 0.3) is 0 Å². The van der Waals surface area contributed by atoms with Crippen molar-refractivity contribution in [3.8, 4) is 0 Å². The van der Waals surface area contributed by atoms with Crippen LogP contribution in [0, 0.1) is 6.92 Å². The number of sulfonamides is 1. The molecule has 5 nitrogen and oxygen atoms in total. The summed E-state index contributed by atoms with van der Waals surface area (Å²) in [6.45, 7) is 5.11. The van der Waals surface area contributed by atoms with E-state index in [2.05, 4.69) is 4.72 Å². The van der Waals surface area contributed by atoms with Crippen LogP contribution in [0.15, 0.2) is 64.4 Å². The SMILES string of the molecule is Cc1ccc(S[C@H](C)C(=O)N2CCC(NS(=O)(=O)c3ccccc3)CC2)cc1. The van der Waals surface area contributed by atoms with Crippen LogP contribution in [0.2, 0.25) is 0 Å². The first-order valence-electron chi connectivity index (χ1n) is 9.44. The van der Waals surface area contributed by atoms with Crippen LogP contribution >= 0.6 is 11.8 Å². The number of hydrogen-bond acceptors (Lipinski definition) is 4. The Labute approximate surface area is 171 Å². The van der Waals surface area contributed by atoms with E-state index in [1.165, 1.54) is 5.56 Å². The highest BCUT2D eigenvalue weighted by Crippen LogP contribution is 2.26. The number of benzene rings is 2. The van der Waals surface area contributed by atoms with Gasteiger partial charge in [0.05, 0.1) is 10.1 Å². The molecule has 1 amide bonds. The van der Waals surface area contributed by atoms with Gasteiger partial charge in [-0.15, -0.1) is 11.8 Å². The second-order valence-electron chi connectivity index (χ2n) is 7.11. The molecule has 0 spiro atoms. The van der Waals surface area contributed by atoms with Crippen molar-refractivity contribution in [2.24, 2.45) is 0 Å². The number of aryl methyl sites for hydroxylation is 1. The fourth-order valence-electron chi connectivity index (χ4n) is 3.23. The third-order valence-electron chi connectivity index (χ3n) is 4.86. The Balaban J connectivity index is 1.51. The maximum absolute atomic E-state index is 12.7. The monoisotopic (exact) mass is 418 g/mol. The van der Waals surface area contributed by atoms with E-state index >= 15 is 0 Å². The van der Waals surface area contributed by atoms with Crippen LogP contribution in [-0.4, -0.2) is 43.6 Å². The maximum atomic E-state index is 12.7. The zero-order chi connectivity index (χ0) is 20.1. The van der Waals surface area contributed by atoms with Gasteiger partial charge in [0, 0.05) is 24.0 Å². The van der Waals surface area contributed by atoms with E-state index in [4.69, 9.17) is 0 Å². The summed E-state index contributed by atoms with van der Waals surface area (Å²) in [4.78, 5) is 16.0. The smallest absolute Gasteiger partial charge is 0.240 e. The van der Waals surface area contributed by atoms with Crippen LogP contribution in [-0.2, 0) is 14.8 Å². The van der Waals surface area contributed by atoms with E-state index in [0.29, 0.717) is 25.9 Å². The molecule has 1 aliphatic heterocycles. The van der Waals surface area contributed by atoms with E-state index in [1.54, 1.807) is 42.1 Å². The average molecular weight is 419 g/mol. The Morgan fingerprint density at radius 3 is 2.29 bits per heavy atom. The van der Waals surface area contributed by atoms with Crippen LogP contribution in [0.1, 0.15) is 25.3 Å². The number of rotatable bonds is 6. The van der Waals surface area contributed by atoms with Crippen LogP contribution in [0.3, 0.4) is 0 Å². The van der Waals surface area contributed by atoms with Gasteiger partial charge >= 0.3 is 0 Å². The minimum atomic E-state index is -3.52. The number of amides is 1. The number of nitrogens with one attached hydrogen (secondary N) is 1. The number of thioether (sulfide) groups is 1. The minimum Gasteiger partial charge on any atom is -0.342 e. The summed E-state index contributed by atoms with van der Waals surface area (Å²) in [7, 11) is -3.52. The Kier molecular flexibility index (Phi) is 6.80. The molecule has 150 valence electrons. The van der Waals surface area contributed by atoms with Gasteiger partial charge in [-0.05, 0) is 51.0 Å². The Hall–Kier alpha value is -1.83. The van der Waals surface area contributed by atoms with Gasteiger partial charge in [0.2, 0.25) is 15.9 Å². The molecule has 2 aromatic rings. The van der Waals surface area contributed by atoms with Crippen LogP contribution in [0.4, 0.5) is 0 Å². The highest BCUT2D eigenvalue weighted by Gasteiger charge is 2.28. The predicted molar refractivity (Wildman–Crippen MR) is 113 cm³/mol. The zero-order valence-electron chi connectivity index (χ0n) is 16.2. The normalized spacial score (nSPS) is 16.7. The number of carbonyl (C=O) groups excluding carboxylic acids is 1. The standard InChI is InChI=1S/C21H26N2O3S2/c1-16-8-10-19(11-9-16)27-17(2)21(24)23-14-12-18(13-15-23)22-28(25,26)20-6-4-3-5-7-20/h3-11,17-18,22H,12-15H2,1-2H3/t17-/m1/s1. The summed E-state index contributed by atoms with van der Waals surface area (Å²) in [6, 6.07) is 16.4. The van der Waals surface area contributed by atoms with Gasteiger partial charge in [-0.25, -0.2) is 13.1 Å². The highest BCUT2D eigenvalue weighted by atomic mass is 32.2. The lowest BCUT2D eigenvalue weighted by molar-refractivity contribution is -0.131. The Bertz CT molecular complexity index is 891. The van der Waals surface area contributed by atoms with E-state index in [9.17, 15) is 13.2 Å². The lowest BCUT2D eigenvalue weighted by Crippen LogP contribution is -2.48. The van der Waals surface area contributed by atoms with E-state index in [1.807, 2.05) is 43.0 Å². The van der Waals surface area contributed by atoms with Crippen molar-refractivity contribution in [1.82, 2.24) is 9.62 Å². The van der Waals surface area contributed by atoms with Crippen LogP contribution in [0.25, 0.3) is 0 Å². The molecule has 28 heavy (non-hydrogen) atoms. The van der Waals surface area contributed by atoms with Crippen molar-refractivity contribution in [2.45, 2.75) is 47.8 Å². The second-order valence-corrected chi connectivity index (χ2v) is 10.2. The summed E-state index contributed by atoms with van der Waals surface area (Å²) >= 11 is 1.56. The van der Waals surface area contributed by atoms with Crippen LogP contribution < -0.4 is 4.72 Å². The van der Waals surface area contributed by atoms with Gasteiger partial charge < -0.3 is 4.90 Å². The molecule has 1 saturated heterocycles. The lowest BCUT2D eigenvalue weighted by atomic mass is 10.1. The third-order valence-corrected chi connectivity index (χ3v) is 7.50. The van der Waals surface area contributed by atoms with Gasteiger partial charge in [0.1, 0.15) is 0 Å². The molecule has 0 aliphatic carbocycles. The molecular formula is C21H26N2O3S2. The highest BCUT2D eigenvalue weighted by molar-refractivity contribution is 8.00. The summed E-state index contributed by atoms with van der Waals surface area (Å²) in [5.41, 5.74) is 1.20. The molecule has 0 bridgehead atoms. The number of likely N-dealkylation sites (tertiary alicyclic amines) is 1. The molecule has 0 unspecified atom stereocenters. The minimum absolute atomic E-state index is 0.106. The fourth-order valence-corrected chi connectivity index (χ4v) is 5.51. The third kappa shape index (κ3) is 5.37. The van der Waals surface area contributed by atoms with Crippen molar-refractivity contribution in [2.75, 3.05) is 13.1 Å². The summed E-state index contributed by atoms with van der Waals surface area (Å²) in [5, 5.41) is -0.166. The van der Waals surface area contributed by atoms with E-state index < -0.39 is 10.0 Å². The Morgan fingerprint density at radius 1 is 1.07 bits per heavy atom. The molecule has 0 radical (unpaired) electrons. The van der Waals surface area contributed by atoms with Crippen molar-refractivity contribution in [1.29, 1.82) is 0 Å². The van der Waals surface area contributed by atoms with Crippen LogP contribution in [0.5, 0.6) is 0 Å². The summed E-state index contributed by atoms with van der Waals surface area (Å²) < 4.78 is 27.7. The van der Waals surface area contributed by atoms with Gasteiger partial charge in [-0.2, -0.15) is 0 Å². The maximum Gasteiger partial charge on any atom is 0.240 e. The molecule has 7 heteroatoms. The van der Waals surface area contributed by atoms with Crippen molar-refractivity contribution < 1.29 is 13.2 Å². The molecular weight excluding hydrogens is 392 g/mol. The van der Waals surface area contributed by atoms with E-state index in [0.717, 1.165) is 4.90 Å². The second kappa shape index (κ2) is 9.11. The molecule has 0 aromatic heterocycles. The molecule has 0 saturated carbocycles. The molecule has 3 rings (SSSR count). The number of carbonyl (C=O) groups is 1. The van der Waals surface area contributed by atoms with Crippen molar-refractivity contribution in [3.05, 3.63) is 60.2 Å². The fraction of sp³-hybridized carbons (Fsp3) is 0.381. The largest absolute Gasteiger partial charge is 0.342 e. The van der Waals surface area contributed by atoms with E-state index in [-0.39, 0.29) is 22.1 Å². The molecule has 1 N–H and O–H groups in total. The van der Waals surface area contributed by atoms with Gasteiger partial charge in [-0.1, -0.05) is 35.9 Å². The number of piperidine rings is 1. The first-order valence-corrected chi connectivity index (χ1v) is 11.8. The molecule has 1 heterocycles. The average Bonchev–Trinajstić information content (AvgIpc) is 2.70. The van der Waals surface area contributed by atoms with Crippen molar-refractivity contribution >= 4 is 27.7 Å². The first-order chi connectivity index (χ1) is 13.3. The predicted octanol–water partition coefficient (Wildman–Crippen LogP) is 3.45. The van der Waals surface area contributed by atoms with Gasteiger partial charge in [0.15, 0.2) is 0 Å². The van der Waals surface area contributed by atoms with Crippen molar-refractivity contribution in [3.63, 3.8) is 0 Å². The van der Waals surface area contributed by atoms with Gasteiger partial charge in [-0.3, -0.25) is 4.79 Å². The molecule has 1 aliphatic rings. The summed E-state index contributed by atoms with van der Waals surface area (Å²) in [6.07, 6.45) is 1.25. The number of hydrogen-bond donors (Lipinski definition) is 1. The number of nitrogens with zero attached hydrogens (tertiary/aromatic N) is 1.